The SMILES string of the molecule is CC1=C(O)C(=O)C[C@@H](O[C@H]2CC(C)(C)C[C@H]3C4=CC[C@@H]5[C@]6(C)CC[C@H](O[C@@H]7O[C@@H](C(=O)O)[C@@H](O)[C@H](O)[C@H]7O[C@H]7O[C@@H](CO)[C@H](O)[C@@H](O)[C@@H]7O[C@@H]7O[C@@H](CO)[C@@H](O)[C@H](O)[C@H]7O)[C@](C)(CO)[C@H]6CC[C@@]5(C)[C@@]4(C)CC[C@]23C)O1. The van der Waals surface area contributed by atoms with Crippen LogP contribution in [0.3, 0.4) is 0 Å². The molecule has 0 bridgehead atoms. The summed E-state index contributed by atoms with van der Waals surface area (Å²) in [5, 5.41) is 129. The van der Waals surface area contributed by atoms with E-state index in [9.17, 15) is 70.9 Å². The summed E-state index contributed by atoms with van der Waals surface area (Å²) in [6, 6.07) is 0. The third kappa shape index (κ3) is 9.31. The number of aliphatic hydroxyl groups is 11. The molecular formula is C54H84O22. The number of aliphatic hydroxyl groups excluding tert-OH is 11. The maximum Gasteiger partial charge on any atom is 0.335 e. The Hall–Kier alpha value is -2.46. The number of carboxylic acid groups (broad SMARTS) is 1. The lowest BCUT2D eigenvalue weighted by atomic mass is 9.33. The number of carbonyl (C=O) groups excluding carboxylic acids is 1. The van der Waals surface area contributed by atoms with E-state index < -0.39 is 135 Å². The van der Waals surface area contributed by atoms with Crippen molar-refractivity contribution in [1.82, 2.24) is 0 Å². The van der Waals surface area contributed by atoms with E-state index in [2.05, 4.69) is 47.6 Å². The number of Topliss-reactive ketones (excluding diaryl/α,β-unsaturated/α-hetero) is 1. The summed E-state index contributed by atoms with van der Waals surface area (Å²) in [4.78, 5) is 25.3. The number of hydrogen-bond acceptors (Lipinski definition) is 21. The van der Waals surface area contributed by atoms with Gasteiger partial charge in [0.05, 0.1) is 38.4 Å². The van der Waals surface area contributed by atoms with Crippen LogP contribution in [0.1, 0.15) is 120 Å². The van der Waals surface area contributed by atoms with Gasteiger partial charge in [-0.25, -0.2) is 4.79 Å². The van der Waals surface area contributed by atoms with E-state index >= 15 is 0 Å². The van der Waals surface area contributed by atoms with Gasteiger partial charge in [-0.05, 0) is 104 Å². The lowest BCUT2D eigenvalue weighted by Gasteiger charge is -2.72. The predicted octanol–water partition coefficient (Wildman–Crippen LogP) is 0.806. The maximum atomic E-state index is 12.7. The average molecular weight is 1090 g/mol. The van der Waals surface area contributed by atoms with Crippen LogP contribution in [-0.4, -0.2) is 203 Å². The third-order valence-corrected chi connectivity index (χ3v) is 21.1. The van der Waals surface area contributed by atoms with Crippen molar-refractivity contribution in [3.63, 3.8) is 0 Å². The Morgan fingerprint density at radius 2 is 1.26 bits per heavy atom. The molecule has 0 amide bonds. The zero-order valence-corrected chi connectivity index (χ0v) is 44.8. The molecular weight excluding hydrogens is 1000 g/mol. The fourth-order valence-electron chi connectivity index (χ4n) is 16.3. The Morgan fingerprint density at radius 3 is 1.88 bits per heavy atom. The molecule has 5 aliphatic carbocycles. The lowest BCUT2D eigenvalue weighted by Crippen LogP contribution is -2.68. The first-order valence-electron chi connectivity index (χ1n) is 27.2. The molecule has 4 saturated carbocycles. The van der Waals surface area contributed by atoms with Crippen molar-refractivity contribution in [3.05, 3.63) is 23.2 Å². The molecule has 22 nitrogen and oxygen atoms in total. The van der Waals surface area contributed by atoms with E-state index in [0.717, 1.165) is 38.5 Å². The predicted molar refractivity (Wildman–Crippen MR) is 261 cm³/mol. The van der Waals surface area contributed by atoms with Gasteiger partial charge in [0.15, 0.2) is 30.7 Å². The van der Waals surface area contributed by atoms with Crippen molar-refractivity contribution in [1.29, 1.82) is 0 Å². The Balaban J connectivity index is 0.980. The normalized spacial score (nSPS) is 52.3. The van der Waals surface area contributed by atoms with Crippen LogP contribution in [-0.2, 0) is 47.5 Å². The standard InChI is InChI=1S/C54H84O22/c1-23-34(59)26(58)17-33(69-23)72-32-19-49(2,3)18-25-24-9-10-30-51(5)13-12-31(52(6,22-57)29(51)11-14-54(30,8)53(24,7)16-15-50(25,32)4)73-48-44(40(65)39(64)42(74-48)45(67)68)76-47-43(38(63)36(61)28(21-56)71-47)75-46-41(66)37(62)35(60)27(20-55)70-46/h9,25,27-33,35-44,46-48,55-57,59-66H,10-22H2,1-8H3,(H,67,68)/t25-,27-,28-,29-,30+,31-,32-,33+,35+,36-,37-,38+,39-,40-,41+,42+,43-,44+,46-,47+,48+,50-,51+,52+,53-,54+/m0/s1. The van der Waals surface area contributed by atoms with Gasteiger partial charge in [0, 0.05) is 10.8 Å². The van der Waals surface area contributed by atoms with Crippen LogP contribution in [0, 0.1) is 50.2 Å². The first kappa shape index (κ1) is 58.2. The van der Waals surface area contributed by atoms with Gasteiger partial charge in [-0.15, -0.1) is 0 Å². The van der Waals surface area contributed by atoms with Crippen LogP contribution < -0.4 is 0 Å². The number of rotatable bonds is 12. The minimum Gasteiger partial charge on any atom is -0.502 e. The number of aliphatic carboxylic acids is 1. The highest BCUT2D eigenvalue weighted by Crippen LogP contribution is 2.76. The molecule has 9 aliphatic rings. The summed E-state index contributed by atoms with van der Waals surface area (Å²) < 4.78 is 48.9. The summed E-state index contributed by atoms with van der Waals surface area (Å²) in [5.41, 5.74) is -0.626. The van der Waals surface area contributed by atoms with Crippen molar-refractivity contribution in [2.75, 3.05) is 19.8 Å². The van der Waals surface area contributed by atoms with Gasteiger partial charge >= 0.3 is 5.97 Å². The second kappa shape index (κ2) is 20.8. The molecule has 26 atom stereocenters. The number of carbonyl (C=O) groups is 2. The van der Waals surface area contributed by atoms with Crippen molar-refractivity contribution < 1.29 is 109 Å². The molecule has 22 heteroatoms. The van der Waals surface area contributed by atoms with Crippen LogP contribution in [0.2, 0.25) is 0 Å². The summed E-state index contributed by atoms with van der Waals surface area (Å²) in [7, 11) is 0. The zero-order valence-electron chi connectivity index (χ0n) is 44.8. The lowest BCUT2D eigenvalue weighted by molar-refractivity contribution is -0.397. The molecule has 76 heavy (non-hydrogen) atoms. The molecule has 0 spiro atoms. The Bertz CT molecular complexity index is 2220. The summed E-state index contributed by atoms with van der Waals surface area (Å²) in [5.74, 6) is -2.02. The van der Waals surface area contributed by atoms with Crippen LogP contribution in [0.5, 0.6) is 0 Å². The molecule has 4 aliphatic heterocycles. The number of ketones is 1. The molecule has 9 rings (SSSR count). The Morgan fingerprint density at radius 1 is 0.658 bits per heavy atom. The van der Waals surface area contributed by atoms with Gasteiger partial charge in [0.25, 0.3) is 0 Å². The fourth-order valence-corrected chi connectivity index (χ4v) is 16.3. The van der Waals surface area contributed by atoms with Crippen molar-refractivity contribution in [2.24, 2.45) is 50.2 Å². The quantitative estimate of drug-likeness (QED) is 0.0950. The number of ether oxygens (including phenoxy) is 8. The number of allylic oxidation sites excluding steroid dienone is 4. The number of fused-ring (bicyclic) bond motifs is 7. The van der Waals surface area contributed by atoms with E-state index in [1.54, 1.807) is 6.92 Å². The molecule has 3 saturated heterocycles. The second-order valence-electron chi connectivity index (χ2n) is 25.8. The van der Waals surface area contributed by atoms with E-state index in [1.807, 2.05) is 6.92 Å². The second-order valence-corrected chi connectivity index (χ2v) is 25.8. The van der Waals surface area contributed by atoms with Gasteiger partial charge in [0.2, 0.25) is 12.1 Å². The molecule has 0 aromatic rings. The van der Waals surface area contributed by atoms with Crippen LogP contribution in [0.15, 0.2) is 23.2 Å². The minimum absolute atomic E-state index is 0.0552. The third-order valence-electron chi connectivity index (χ3n) is 21.1. The van der Waals surface area contributed by atoms with Gasteiger partial charge in [-0.2, -0.15) is 0 Å². The van der Waals surface area contributed by atoms with E-state index in [0.29, 0.717) is 19.3 Å². The number of hydrogen-bond donors (Lipinski definition) is 12. The molecule has 0 radical (unpaired) electrons. The Kier molecular flexibility index (Phi) is 15.9. The molecule has 0 aromatic carbocycles. The number of carboxylic acids is 1. The van der Waals surface area contributed by atoms with Gasteiger partial charge in [-0.1, -0.05) is 60.1 Å². The monoisotopic (exact) mass is 1080 g/mol. The van der Waals surface area contributed by atoms with E-state index in [4.69, 9.17) is 37.9 Å². The molecule has 7 fully saturated rings. The smallest absolute Gasteiger partial charge is 0.335 e. The van der Waals surface area contributed by atoms with Crippen molar-refractivity contribution >= 4 is 11.8 Å². The maximum absolute atomic E-state index is 12.7. The average Bonchev–Trinajstić information content (AvgIpc) is 3.54. The Labute approximate surface area is 442 Å². The topological polar surface area (TPSA) is 351 Å². The summed E-state index contributed by atoms with van der Waals surface area (Å²) in [6.45, 7) is 15.5. The fraction of sp³-hybridized carbons (Fsp3) is 0.889. The molecule has 0 aromatic heterocycles. The minimum atomic E-state index is -2.12. The molecule has 4 heterocycles. The van der Waals surface area contributed by atoms with Gasteiger partial charge < -0.3 is 99.2 Å². The van der Waals surface area contributed by atoms with E-state index in [-0.39, 0.29) is 75.5 Å². The van der Waals surface area contributed by atoms with Gasteiger partial charge in [0.1, 0.15) is 72.9 Å². The highest BCUT2D eigenvalue weighted by atomic mass is 16.8. The largest absolute Gasteiger partial charge is 0.502 e. The van der Waals surface area contributed by atoms with E-state index in [1.165, 1.54) is 5.57 Å². The van der Waals surface area contributed by atoms with Crippen LogP contribution in [0.25, 0.3) is 0 Å². The molecule has 0 unspecified atom stereocenters. The first-order valence-corrected chi connectivity index (χ1v) is 27.2. The molecule has 12 N–H and O–H groups in total. The molecule has 432 valence electrons. The first-order chi connectivity index (χ1) is 35.5. The van der Waals surface area contributed by atoms with Crippen molar-refractivity contribution in [2.45, 2.75) is 230 Å². The highest BCUT2D eigenvalue weighted by molar-refractivity contribution is 5.94. The summed E-state index contributed by atoms with van der Waals surface area (Å²) in [6.07, 6.45) is -20.7. The van der Waals surface area contributed by atoms with Gasteiger partial charge in [-0.3, -0.25) is 4.79 Å². The zero-order chi connectivity index (χ0) is 55.6. The van der Waals surface area contributed by atoms with Crippen LogP contribution in [0.4, 0.5) is 0 Å². The highest BCUT2D eigenvalue weighted by Gasteiger charge is 2.70. The van der Waals surface area contributed by atoms with Crippen LogP contribution >= 0.6 is 0 Å². The van der Waals surface area contributed by atoms with Crippen molar-refractivity contribution in [3.8, 4) is 0 Å². The summed E-state index contributed by atoms with van der Waals surface area (Å²) >= 11 is 0.